The second-order valence-electron chi connectivity index (χ2n) is 7.01. The van der Waals surface area contributed by atoms with Crippen molar-refractivity contribution in [3.05, 3.63) is 10.6 Å². The maximum absolute atomic E-state index is 12.2. The number of nitrogens with one attached hydrogen (secondary N) is 2. The van der Waals surface area contributed by atoms with Crippen molar-refractivity contribution >= 4 is 35.4 Å². The number of aliphatic hydroxyl groups excluding tert-OH is 1. The Bertz CT molecular complexity index is 719. The van der Waals surface area contributed by atoms with Gasteiger partial charge in [0.2, 0.25) is 11.8 Å². The van der Waals surface area contributed by atoms with Gasteiger partial charge in [0.05, 0.1) is 23.3 Å². The van der Waals surface area contributed by atoms with Crippen molar-refractivity contribution < 1.29 is 24.6 Å². The highest BCUT2D eigenvalue weighted by Gasteiger charge is 2.57. The topological polar surface area (TPSA) is 134 Å². The van der Waals surface area contributed by atoms with E-state index in [0.717, 1.165) is 0 Å². The van der Waals surface area contributed by atoms with Gasteiger partial charge in [-0.05, 0) is 13.3 Å². The van der Waals surface area contributed by atoms with Crippen molar-refractivity contribution in [1.82, 2.24) is 15.1 Å². The number of hydrogen-bond donors (Lipinski definition) is 4. The van der Waals surface area contributed by atoms with Gasteiger partial charge in [0, 0.05) is 25.4 Å². The summed E-state index contributed by atoms with van der Waals surface area (Å²) >= 11 is 1.22. The van der Waals surface area contributed by atoms with E-state index >= 15 is 0 Å². The number of thioether (sulfide) groups is 1. The average molecular weight is 382 g/mol. The van der Waals surface area contributed by atoms with Crippen LogP contribution in [0.2, 0.25) is 0 Å². The molecule has 3 rings (SSSR count). The molecule has 0 aromatic rings. The molecule has 2 saturated heterocycles. The van der Waals surface area contributed by atoms with Gasteiger partial charge >= 0.3 is 5.97 Å². The molecular formula is C16H22N4O5S. The Morgan fingerprint density at radius 3 is 2.62 bits per heavy atom. The van der Waals surface area contributed by atoms with Crippen LogP contribution in [0.5, 0.6) is 0 Å². The van der Waals surface area contributed by atoms with Gasteiger partial charge in [0.1, 0.15) is 17.6 Å². The Labute approximate surface area is 154 Å². The predicted octanol–water partition coefficient (Wildman–Crippen LogP) is -0.577. The molecule has 142 valence electrons. The number of carboxylic acid groups (broad SMARTS) is 1. The summed E-state index contributed by atoms with van der Waals surface area (Å²) in [6.07, 6.45) is -0.101. The summed E-state index contributed by atoms with van der Waals surface area (Å²) in [7, 11) is 3.28. The highest BCUT2D eigenvalue weighted by Crippen LogP contribution is 2.48. The van der Waals surface area contributed by atoms with Crippen molar-refractivity contribution in [3.8, 4) is 0 Å². The lowest BCUT2D eigenvalue weighted by Crippen LogP contribution is -2.61. The Morgan fingerprint density at radius 1 is 1.42 bits per heavy atom. The molecule has 0 aliphatic carbocycles. The number of fused-ring (bicyclic) bond motifs is 1. The standard InChI is InChI=1S/C16H22N4O5S/c1-6(21)11-8-5-9(12(16(24)25)20(8)15(11)23)26-10-4-7(18-13(10)17)14(22)19(2)3/h6-8,10-11,21H,4-5H2,1-3H3,(H2,17,18)(H,24,25)/t6-,7+,8-,10?,11-/m1/s1. The Kier molecular flexibility index (Phi) is 4.74. The molecule has 3 aliphatic heterocycles. The number of carboxylic acids is 1. The van der Waals surface area contributed by atoms with Gasteiger partial charge < -0.3 is 25.3 Å². The van der Waals surface area contributed by atoms with Crippen LogP contribution in [0.1, 0.15) is 19.8 Å². The minimum atomic E-state index is -1.19. The van der Waals surface area contributed by atoms with Crippen LogP contribution in [-0.2, 0) is 14.4 Å². The number of aliphatic carboxylic acids is 1. The summed E-state index contributed by atoms with van der Waals surface area (Å²) in [5.74, 6) is -2.11. The van der Waals surface area contributed by atoms with Gasteiger partial charge in [-0.3, -0.25) is 15.0 Å². The molecule has 1 unspecified atom stereocenters. The minimum Gasteiger partial charge on any atom is -0.477 e. The fraction of sp³-hybridized carbons (Fsp3) is 0.625. The third kappa shape index (κ3) is 2.86. The lowest BCUT2D eigenvalue weighted by molar-refractivity contribution is -0.161. The first kappa shape index (κ1) is 18.7. The quantitative estimate of drug-likeness (QED) is 0.468. The predicted molar refractivity (Wildman–Crippen MR) is 94.4 cm³/mol. The van der Waals surface area contributed by atoms with Crippen LogP contribution in [0.4, 0.5) is 0 Å². The molecule has 10 heteroatoms. The van der Waals surface area contributed by atoms with Crippen LogP contribution in [0, 0.1) is 11.3 Å². The highest BCUT2D eigenvalue weighted by molar-refractivity contribution is 8.04. The van der Waals surface area contributed by atoms with Crippen molar-refractivity contribution in [3.63, 3.8) is 0 Å². The maximum atomic E-state index is 12.2. The molecule has 2 fully saturated rings. The second-order valence-corrected chi connectivity index (χ2v) is 8.31. The van der Waals surface area contributed by atoms with Crippen LogP contribution < -0.4 is 5.32 Å². The van der Waals surface area contributed by atoms with Gasteiger partial charge in [0.15, 0.2) is 0 Å². The van der Waals surface area contributed by atoms with Crippen molar-refractivity contribution in [1.29, 1.82) is 5.41 Å². The Morgan fingerprint density at radius 2 is 2.08 bits per heavy atom. The van der Waals surface area contributed by atoms with E-state index < -0.39 is 24.0 Å². The summed E-state index contributed by atoms with van der Waals surface area (Å²) in [5.41, 5.74) is -0.0583. The molecule has 0 aromatic carbocycles. The van der Waals surface area contributed by atoms with Gasteiger partial charge in [-0.25, -0.2) is 4.79 Å². The molecule has 2 amide bonds. The monoisotopic (exact) mass is 382 g/mol. The number of amides is 2. The zero-order chi connectivity index (χ0) is 19.3. The third-order valence-electron chi connectivity index (χ3n) is 5.02. The number of β-lactam (4-membered cyclic amide) rings is 1. The lowest BCUT2D eigenvalue weighted by Gasteiger charge is -2.44. The number of amidine groups is 1. The smallest absolute Gasteiger partial charge is 0.353 e. The second kappa shape index (κ2) is 6.58. The molecule has 26 heavy (non-hydrogen) atoms. The largest absolute Gasteiger partial charge is 0.477 e. The van der Waals surface area contributed by atoms with Crippen molar-refractivity contribution in [2.45, 2.75) is 43.2 Å². The van der Waals surface area contributed by atoms with Crippen LogP contribution in [0.15, 0.2) is 10.6 Å². The van der Waals surface area contributed by atoms with E-state index in [-0.39, 0.29) is 34.6 Å². The van der Waals surface area contributed by atoms with E-state index in [1.165, 1.54) is 28.5 Å². The van der Waals surface area contributed by atoms with E-state index in [1.807, 2.05) is 0 Å². The molecule has 0 bridgehead atoms. The molecule has 3 heterocycles. The number of aliphatic hydroxyl groups is 1. The van der Waals surface area contributed by atoms with E-state index in [2.05, 4.69) is 5.32 Å². The maximum Gasteiger partial charge on any atom is 0.353 e. The van der Waals surface area contributed by atoms with Crippen LogP contribution >= 0.6 is 11.8 Å². The molecule has 0 aromatic heterocycles. The molecule has 4 N–H and O–H groups in total. The molecule has 0 radical (unpaired) electrons. The fourth-order valence-electron chi connectivity index (χ4n) is 3.76. The van der Waals surface area contributed by atoms with Gasteiger partial charge in [-0.15, -0.1) is 11.8 Å². The fourth-order valence-corrected chi connectivity index (χ4v) is 5.14. The SMILES string of the molecule is C[C@@H](O)[C@H]1C(=O)N2C(C(=O)O)=C(SC3C[C@@H](C(=O)N(C)C)NC3=N)C[C@H]12. The molecule has 5 atom stereocenters. The van der Waals surface area contributed by atoms with Crippen LogP contribution in [0.3, 0.4) is 0 Å². The van der Waals surface area contributed by atoms with E-state index in [1.54, 1.807) is 14.1 Å². The molecule has 9 nitrogen and oxygen atoms in total. The van der Waals surface area contributed by atoms with Crippen LogP contribution in [0.25, 0.3) is 0 Å². The van der Waals surface area contributed by atoms with E-state index in [4.69, 9.17) is 5.41 Å². The number of rotatable bonds is 5. The summed E-state index contributed by atoms with van der Waals surface area (Å²) in [5, 5.41) is 29.9. The third-order valence-corrected chi connectivity index (χ3v) is 6.37. The highest BCUT2D eigenvalue weighted by atomic mass is 32.2. The van der Waals surface area contributed by atoms with Crippen LogP contribution in [-0.4, -0.2) is 81.2 Å². The number of carbonyl (C=O) groups excluding carboxylic acids is 2. The average Bonchev–Trinajstić information content (AvgIpc) is 3.05. The zero-order valence-electron chi connectivity index (χ0n) is 14.7. The first-order chi connectivity index (χ1) is 12.1. The summed E-state index contributed by atoms with van der Waals surface area (Å²) in [6.45, 7) is 1.53. The van der Waals surface area contributed by atoms with Gasteiger partial charge in [-0.1, -0.05) is 0 Å². The molecule has 3 aliphatic rings. The molecule has 0 spiro atoms. The zero-order valence-corrected chi connectivity index (χ0v) is 15.5. The summed E-state index contributed by atoms with van der Waals surface area (Å²) < 4.78 is 0. The molecular weight excluding hydrogens is 360 g/mol. The first-order valence-corrected chi connectivity index (χ1v) is 9.21. The minimum absolute atomic E-state index is 0.0583. The molecule has 0 saturated carbocycles. The Balaban J connectivity index is 1.77. The van der Waals surface area contributed by atoms with Gasteiger partial charge in [-0.2, -0.15) is 0 Å². The van der Waals surface area contributed by atoms with E-state index in [0.29, 0.717) is 17.7 Å². The van der Waals surface area contributed by atoms with Crippen molar-refractivity contribution in [2.24, 2.45) is 5.92 Å². The number of hydrogen-bond acceptors (Lipinski definition) is 6. The Hall–Kier alpha value is -2.07. The van der Waals surface area contributed by atoms with E-state index in [9.17, 15) is 24.6 Å². The normalized spacial score (nSPS) is 31.5. The summed E-state index contributed by atoms with van der Waals surface area (Å²) in [6, 6.07) is -0.854. The van der Waals surface area contributed by atoms with Crippen molar-refractivity contribution in [2.75, 3.05) is 14.1 Å². The number of carbonyl (C=O) groups is 3. The number of nitrogens with zero attached hydrogens (tertiary/aromatic N) is 2. The summed E-state index contributed by atoms with van der Waals surface area (Å²) in [4.78, 5) is 39.2. The lowest BCUT2D eigenvalue weighted by atomic mass is 9.83. The number of likely N-dealkylation sites (N-methyl/N-ethyl adjacent to an activating group) is 1. The van der Waals surface area contributed by atoms with Gasteiger partial charge in [0.25, 0.3) is 0 Å². The first-order valence-electron chi connectivity index (χ1n) is 8.33.